The molecule has 0 radical (unpaired) electrons. The number of imidazole rings is 1. The molecule has 2 nitrogen and oxygen atoms in total. The summed E-state index contributed by atoms with van der Waals surface area (Å²) in [4.78, 5) is 4.04. The van der Waals surface area contributed by atoms with Gasteiger partial charge in [-0.1, -0.05) is 43.1 Å². The molecule has 0 aliphatic carbocycles. The van der Waals surface area contributed by atoms with Gasteiger partial charge in [0.05, 0.1) is 6.33 Å². The summed E-state index contributed by atoms with van der Waals surface area (Å²) < 4.78 is 1.95. The van der Waals surface area contributed by atoms with E-state index < -0.39 is 0 Å². The van der Waals surface area contributed by atoms with Crippen LogP contribution in [0.3, 0.4) is 0 Å². The predicted octanol–water partition coefficient (Wildman–Crippen LogP) is 4.76. The minimum atomic E-state index is 0. The summed E-state index contributed by atoms with van der Waals surface area (Å²) in [6, 6.07) is 7.94. The van der Waals surface area contributed by atoms with Crippen molar-refractivity contribution in [2.24, 2.45) is 0 Å². The Kier molecular flexibility index (Phi) is 5.96. The van der Waals surface area contributed by atoms with Gasteiger partial charge in [0.25, 0.3) is 0 Å². The largest absolute Gasteiger partial charge is 0.313 e. The van der Waals surface area contributed by atoms with E-state index in [0.717, 1.165) is 23.4 Å². The molecule has 0 aliphatic rings. The number of allylic oxidation sites excluding steroid dienone is 1. The van der Waals surface area contributed by atoms with Crippen molar-refractivity contribution in [2.75, 3.05) is 0 Å². The highest BCUT2D eigenvalue weighted by molar-refractivity contribution is 6.32. The molecular formula is C14H16Cl2N2. The van der Waals surface area contributed by atoms with Gasteiger partial charge in [0.2, 0.25) is 0 Å². The number of benzene rings is 1. The molecule has 0 fully saturated rings. The van der Waals surface area contributed by atoms with Crippen LogP contribution in [-0.4, -0.2) is 9.55 Å². The maximum absolute atomic E-state index is 6.23. The fraction of sp³-hybridized carbons (Fsp3) is 0.214. The topological polar surface area (TPSA) is 17.8 Å². The molecular weight excluding hydrogens is 267 g/mol. The molecule has 0 saturated carbocycles. The summed E-state index contributed by atoms with van der Waals surface area (Å²) in [6.07, 6.45) is 9.65. The smallest absolute Gasteiger partial charge is 0.0986 e. The van der Waals surface area contributed by atoms with E-state index in [9.17, 15) is 0 Å². The Morgan fingerprint density at radius 1 is 1.39 bits per heavy atom. The molecule has 0 atom stereocenters. The van der Waals surface area contributed by atoms with E-state index in [-0.39, 0.29) is 12.4 Å². The molecule has 0 saturated heterocycles. The van der Waals surface area contributed by atoms with Crippen LogP contribution in [0.1, 0.15) is 25.3 Å². The predicted molar refractivity (Wildman–Crippen MR) is 80.0 cm³/mol. The number of halogens is 2. The quantitative estimate of drug-likeness (QED) is 0.791. The van der Waals surface area contributed by atoms with E-state index in [0.29, 0.717) is 0 Å². The van der Waals surface area contributed by atoms with Gasteiger partial charge in [-0.2, -0.15) is 0 Å². The van der Waals surface area contributed by atoms with Crippen LogP contribution in [0.4, 0.5) is 0 Å². The Hall–Kier alpha value is -1.25. The first kappa shape index (κ1) is 14.8. The van der Waals surface area contributed by atoms with Crippen molar-refractivity contribution in [1.82, 2.24) is 9.55 Å². The Balaban J connectivity index is 0.00000162. The van der Waals surface area contributed by atoms with Gasteiger partial charge in [0.1, 0.15) is 0 Å². The van der Waals surface area contributed by atoms with E-state index in [2.05, 4.69) is 24.2 Å². The minimum absolute atomic E-state index is 0. The molecule has 1 heterocycles. The minimum Gasteiger partial charge on any atom is -0.313 e. The van der Waals surface area contributed by atoms with Crippen LogP contribution < -0.4 is 0 Å². The van der Waals surface area contributed by atoms with E-state index >= 15 is 0 Å². The zero-order chi connectivity index (χ0) is 12.1. The molecule has 0 amide bonds. The average molecular weight is 283 g/mol. The molecule has 1 aromatic heterocycles. The highest BCUT2D eigenvalue weighted by Crippen LogP contribution is 2.27. The van der Waals surface area contributed by atoms with E-state index in [1.807, 2.05) is 29.0 Å². The van der Waals surface area contributed by atoms with Crippen LogP contribution in [0, 0.1) is 0 Å². The normalized spacial score (nSPS) is 11.1. The molecule has 0 spiro atoms. The summed E-state index contributed by atoms with van der Waals surface area (Å²) in [5.74, 6) is 0. The first-order valence-corrected chi connectivity index (χ1v) is 6.12. The lowest BCUT2D eigenvalue weighted by Gasteiger charge is -2.09. The van der Waals surface area contributed by atoms with Crippen LogP contribution in [0.5, 0.6) is 0 Å². The van der Waals surface area contributed by atoms with Gasteiger partial charge in [-0.05, 0) is 23.6 Å². The Labute approximate surface area is 119 Å². The third-order valence-corrected chi connectivity index (χ3v) is 2.90. The number of hydrogen-bond donors (Lipinski definition) is 0. The number of rotatable bonds is 4. The second kappa shape index (κ2) is 7.24. The first-order chi connectivity index (χ1) is 8.31. The zero-order valence-electron chi connectivity index (χ0n) is 10.2. The molecule has 18 heavy (non-hydrogen) atoms. The number of hydrogen-bond acceptors (Lipinski definition) is 1. The molecule has 1 aromatic carbocycles. The standard InChI is InChI=1S/C14H15ClN2.ClH/c1-2-5-12(10-17-9-8-16-11-17)13-6-3-4-7-14(13)15;/h3-4,6-11H,2,5H2,1H3;1H/b12-10+;. The molecule has 2 rings (SSSR count). The van der Waals surface area contributed by atoms with Crippen LogP contribution in [0.2, 0.25) is 5.02 Å². The number of aromatic nitrogens is 2. The lowest BCUT2D eigenvalue weighted by atomic mass is 10.0. The summed E-state index contributed by atoms with van der Waals surface area (Å²) in [5.41, 5.74) is 2.33. The summed E-state index contributed by atoms with van der Waals surface area (Å²) in [5, 5.41) is 0.798. The highest BCUT2D eigenvalue weighted by atomic mass is 35.5. The summed E-state index contributed by atoms with van der Waals surface area (Å²) >= 11 is 6.23. The third kappa shape index (κ3) is 3.62. The van der Waals surface area contributed by atoms with Crippen LogP contribution in [0.25, 0.3) is 11.8 Å². The molecule has 0 N–H and O–H groups in total. The Morgan fingerprint density at radius 2 is 2.17 bits per heavy atom. The van der Waals surface area contributed by atoms with Crippen molar-refractivity contribution in [3.63, 3.8) is 0 Å². The molecule has 96 valence electrons. The van der Waals surface area contributed by atoms with Crippen molar-refractivity contribution in [2.45, 2.75) is 19.8 Å². The molecule has 0 bridgehead atoms. The van der Waals surface area contributed by atoms with Crippen molar-refractivity contribution >= 4 is 35.8 Å². The van der Waals surface area contributed by atoms with Crippen molar-refractivity contribution in [1.29, 1.82) is 0 Å². The lowest BCUT2D eigenvalue weighted by Crippen LogP contribution is -1.89. The maximum atomic E-state index is 6.23. The van der Waals surface area contributed by atoms with E-state index in [1.54, 1.807) is 12.5 Å². The Bertz CT molecular complexity index is 504. The van der Waals surface area contributed by atoms with Gasteiger partial charge in [0.15, 0.2) is 0 Å². The van der Waals surface area contributed by atoms with E-state index in [4.69, 9.17) is 11.6 Å². The maximum Gasteiger partial charge on any atom is 0.0986 e. The van der Waals surface area contributed by atoms with Crippen LogP contribution in [-0.2, 0) is 0 Å². The molecule has 0 aliphatic heterocycles. The van der Waals surface area contributed by atoms with E-state index in [1.165, 1.54) is 5.57 Å². The highest BCUT2D eigenvalue weighted by Gasteiger charge is 2.05. The van der Waals surface area contributed by atoms with Gasteiger partial charge in [-0.3, -0.25) is 0 Å². The van der Waals surface area contributed by atoms with Crippen molar-refractivity contribution in [3.8, 4) is 0 Å². The Morgan fingerprint density at radius 3 is 2.78 bits per heavy atom. The summed E-state index contributed by atoms with van der Waals surface area (Å²) in [6.45, 7) is 2.17. The first-order valence-electron chi connectivity index (χ1n) is 5.74. The fourth-order valence-corrected chi connectivity index (χ4v) is 2.04. The molecule has 4 heteroatoms. The SMILES string of the molecule is CCC/C(=C\n1ccnc1)c1ccccc1Cl.Cl. The van der Waals surface area contributed by atoms with Crippen LogP contribution in [0.15, 0.2) is 43.0 Å². The van der Waals surface area contributed by atoms with Gasteiger partial charge < -0.3 is 4.57 Å². The third-order valence-electron chi connectivity index (χ3n) is 2.57. The van der Waals surface area contributed by atoms with Crippen molar-refractivity contribution < 1.29 is 0 Å². The molecule has 0 unspecified atom stereocenters. The van der Waals surface area contributed by atoms with Gasteiger partial charge in [0, 0.05) is 23.6 Å². The monoisotopic (exact) mass is 282 g/mol. The van der Waals surface area contributed by atoms with Crippen LogP contribution >= 0.6 is 24.0 Å². The second-order valence-corrected chi connectivity index (χ2v) is 4.30. The average Bonchev–Trinajstić information content (AvgIpc) is 2.82. The number of nitrogens with zero attached hydrogens (tertiary/aromatic N) is 2. The lowest BCUT2D eigenvalue weighted by molar-refractivity contribution is 0.970. The van der Waals surface area contributed by atoms with Gasteiger partial charge in [-0.25, -0.2) is 4.98 Å². The fourth-order valence-electron chi connectivity index (χ4n) is 1.79. The summed E-state index contributed by atoms with van der Waals surface area (Å²) in [7, 11) is 0. The molecule has 2 aromatic rings. The van der Waals surface area contributed by atoms with Gasteiger partial charge in [-0.15, -0.1) is 12.4 Å². The zero-order valence-corrected chi connectivity index (χ0v) is 11.8. The second-order valence-electron chi connectivity index (χ2n) is 3.89. The van der Waals surface area contributed by atoms with Crippen molar-refractivity contribution in [3.05, 3.63) is 53.6 Å². The van der Waals surface area contributed by atoms with Gasteiger partial charge >= 0.3 is 0 Å².